The van der Waals surface area contributed by atoms with Crippen LogP contribution in [0.2, 0.25) is 0 Å². The van der Waals surface area contributed by atoms with Gasteiger partial charge in [-0.25, -0.2) is 4.98 Å². The number of carbonyl (C=O) groups is 1. The van der Waals surface area contributed by atoms with Crippen LogP contribution in [-0.4, -0.2) is 24.0 Å². The molecule has 18 heavy (non-hydrogen) atoms. The molecule has 0 aliphatic heterocycles. The summed E-state index contributed by atoms with van der Waals surface area (Å²) in [6.07, 6.45) is 2.60. The summed E-state index contributed by atoms with van der Waals surface area (Å²) in [5.74, 6) is 0.811. The molecule has 1 fully saturated rings. The summed E-state index contributed by atoms with van der Waals surface area (Å²) in [6.45, 7) is 1.35. The van der Waals surface area contributed by atoms with E-state index in [1.165, 1.54) is 12.8 Å². The van der Waals surface area contributed by atoms with Crippen LogP contribution in [0.15, 0.2) is 23.7 Å². The van der Waals surface area contributed by atoms with E-state index in [1.54, 1.807) is 11.3 Å². The molecule has 0 bridgehead atoms. The highest BCUT2D eigenvalue weighted by molar-refractivity contribution is 7.16. The second kappa shape index (κ2) is 5.04. The minimum Gasteiger partial charge on any atom is -0.325 e. The summed E-state index contributed by atoms with van der Waals surface area (Å²) in [6, 6.07) is 5.78. The number of hydrogen-bond donors (Lipinski definition) is 2. The van der Waals surface area contributed by atoms with Gasteiger partial charge in [-0.3, -0.25) is 4.79 Å². The number of amides is 1. The Hall–Kier alpha value is -1.46. The molecule has 1 aliphatic carbocycles. The maximum atomic E-state index is 11.7. The summed E-state index contributed by atoms with van der Waals surface area (Å²) in [5.41, 5.74) is 3.63. The highest BCUT2D eigenvalue weighted by Crippen LogP contribution is 2.27. The van der Waals surface area contributed by atoms with Gasteiger partial charge >= 0.3 is 0 Å². The van der Waals surface area contributed by atoms with Gasteiger partial charge in [0.25, 0.3) is 0 Å². The lowest BCUT2D eigenvalue weighted by atomic mass is 10.3. The number of aromatic nitrogens is 1. The van der Waals surface area contributed by atoms with Crippen molar-refractivity contribution in [1.29, 1.82) is 0 Å². The molecule has 1 heterocycles. The van der Waals surface area contributed by atoms with E-state index in [1.807, 2.05) is 23.7 Å². The molecule has 1 aliphatic rings. The summed E-state index contributed by atoms with van der Waals surface area (Å²) in [4.78, 5) is 15.9. The van der Waals surface area contributed by atoms with Crippen molar-refractivity contribution in [2.24, 2.45) is 5.92 Å². The van der Waals surface area contributed by atoms with E-state index < -0.39 is 0 Å². The Balaban J connectivity index is 1.55. The van der Waals surface area contributed by atoms with E-state index in [4.69, 9.17) is 0 Å². The number of nitrogens with one attached hydrogen (secondary N) is 2. The van der Waals surface area contributed by atoms with Crippen LogP contribution in [0, 0.1) is 5.92 Å². The fourth-order valence-electron chi connectivity index (χ4n) is 1.85. The van der Waals surface area contributed by atoms with Crippen LogP contribution in [0.3, 0.4) is 0 Å². The van der Waals surface area contributed by atoms with E-state index in [0.29, 0.717) is 6.54 Å². The summed E-state index contributed by atoms with van der Waals surface area (Å²) < 4.78 is 1.10. The Kier molecular flexibility index (Phi) is 3.25. The zero-order valence-corrected chi connectivity index (χ0v) is 10.8. The van der Waals surface area contributed by atoms with E-state index in [2.05, 4.69) is 15.6 Å². The first-order valence-electron chi connectivity index (χ1n) is 6.15. The monoisotopic (exact) mass is 261 g/mol. The van der Waals surface area contributed by atoms with Crippen LogP contribution in [0.1, 0.15) is 12.8 Å². The lowest BCUT2D eigenvalue weighted by Crippen LogP contribution is -2.29. The van der Waals surface area contributed by atoms with E-state index in [0.717, 1.165) is 28.4 Å². The Labute approximate surface area is 109 Å². The highest BCUT2D eigenvalue weighted by Gasteiger charge is 2.20. The number of nitrogens with zero attached hydrogens (tertiary/aromatic N) is 1. The van der Waals surface area contributed by atoms with Gasteiger partial charge in [0.2, 0.25) is 5.91 Å². The molecule has 94 valence electrons. The largest absolute Gasteiger partial charge is 0.325 e. The Morgan fingerprint density at radius 1 is 1.44 bits per heavy atom. The first-order valence-corrected chi connectivity index (χ1v) is 7.03. The molecule has 5 heteroatoms. The SMILES string of the molecule is O=C(CNCC1CC1)Nc1ccc2ncsc2c1. The molecule has 0 spiro atoms. The first kappa shape index (κ1) is 11.6. The van der Waals surface area contributed by atoms with Crippen molar-refractivity contribution in [2.75, 3.05) is 18.4 Å². The van der Waals surface area contributed by atoms with Crippen molar-refractivity contribution in [3.05, 3.63) is 23.7 Å². The van der Waals surface area contributed by atoms with Gasteiger partial charge in [0.05, 0.1) is 22.3 Å². The Morgan fingerprint density at radius 2 is 2.33 bits per heavy atom. The zero-order chi connectivity index (χ0) is 12.4. The molecule has 2 aromatic rings. The van der Waals surface area contributed by atoms with Gasteiger partial charge < -0.3 is 10.6 Å². The number of benzene rings is 1. The molecular formula is C13H15N3OS. The van der Waals surface area contributed by atoms with E-state index in [-0.39, 0.29) is 5.91 Å². The molecule has 2 N–H and O–H groups in total. The normalized spacial score (nSPS) is 14.9. The van der Waals surface area contributed by atoms with E-state index >= 15 is 0 Å². The molecule has 1 amide bonds. The second-order valence-corrected chi connectivity index (χ2v) is 5.54. The molecule has 3 rings (SSSR count). The minimum absolute atomic E-state index is 0.0134. The third-order valence-corrected chi connectivity index (χ3v) is 3.82. The maximum Gasteiger partial charge on any atom is 0.238 e. The second-order valence-electron chi connectivity index (χ2n) is 4.66. The summed E-state index contributed by atoms with van der Waals surface area (Å²) in [5, 5.41) is 6.07. The van der Waals surface area contributed by atoms with E-state index in [9.17, 15) is 4.79 Å². The van der Waals surface area contributed by atoms with Crippen molar-refractivity contribution in [3.63, 3.8) is 0 Å². The number of rotatable bonds is 5. The first-order chi connectivity index (χ1) is 8.81. The molecule has 0 unspecified atom stereocenters. The predicted octanol–water partition coefficient (Wildman–Crippen LogP) is 2.23. The molecule has 0 saturated heterocycles. The quantitative estimate of drug-likeness (QED) is 0.868. The van der Waals surface area contributed by atoms with Crippen LogP contribution >= 0.6 is 11.3 Å². The average Bonchev–Trinajstić information content (AvgIpc) is 3.06. The van der Waals surface area contributed by atoms with Gasteiger partial charge in [0.15, 0.2) is 0 Å². The lowest BCUT2D eigenvalue weighted by molar-refractivity contribution is -0.115. The minimum atomic E-state index is 0.0134. The maximum absolute atomic E-state index is 11.7. The van der Waals surface area contributed by atoms with Crippen molar-refractivity contribution >= 4 is 33.1 Å². The standard InChI is InChI=1S/C13H15N3OS/c17-13(7-14-6-9-1-2-9)16-10-3-4-11-12(5-10)18-8-15-11/h3-5,8-9,14H,1-2,6-7H2,(H,16,17). The number of thiazole rings is 1. The van der Waals surface area contributed by atoms with Crippen LogP contribution in [-0.2, 0) is 4.79 Å². The number of carbonyl (C=O) groups excluding carboxylic acids is 1. The van der Waals surface area contributed by atoms with Gasteiger partial charge in [-0.05, 0) is 43.5 Å². The van der Waals surface area contributed by atoms with Crippen LogP contribution in [0.25, 0.3) is 10.2 Å². The highest BCUT2D eigenvalue weighted by atomic mass is 32.1. The molecular weight excluding hydrogens is 246 g/mol. The van der Waals surface area contributed by atoms with Gasteiger partial charge in [0, 0.05) is 5.69 Å². The third kappa shape index (κ3) is 2.86. The average molecular weight is 261 g/mol. The van der Waals surface area contributed by atoms with Gasteiger partial charge in [-0.1, -0.05) is 0 Å². The van der Waals surface area contributed by atoms with Gasteiger partial charge in [-0.2, -0.15) is 0 Å². The third-order valence-electron chi connectivity index (χ3n) is 3.03. The van der Waals surface area contributed by atoms with Crippen molar-refractivity contribution < 1.29 is 4.79 Å². The van der Waals surface area contributed by atoms with Gasteiger partial charge in [-0.15, -0.1) is 11.3 Å². The Bertz CT molecular complexity index is 562. The van der Waals surface area contributed by atoms with Gasteiger partial charge in [0.1, 0.15) is 0 Å². The molecule has 0 radical (unpaired) electrons. The van der Waals surface area contributed by atoms with Crippen LogP contribution < -0.4 is 10.6 Å². The van der Waals surface area contributed by atoms with Crippen molar-refractivity contribution in [2.45, 2.75) is 12.8 Å². The topological polar surface area (TPSA) is 54.0 Å². The van der Waals surface area contributed by atoms with Crippen LogP contribution in [0.4, 0.5) is 5.69 Å². The molecule has 0 atom stereocenters. The number of hydrogen-bond acceptors (Lipinski definition) is 4. The van der Waals surface area contributed by atoms with Crippen LogP contribution in [0.5, 0.6) is 0 Å². The molecule has 4 nitrogen and oxygen atoms in total. The van der Waals surface area contributed by atoms with Crippen molar-refractivity contribution in [3.8, 4) is 0 Å². The summed E-state index contributed by atoms with van der Waals surface area (Å²) in [7, 11) is 0. The predicted molar refractivity (Wildman–Crippen MR) is 73.8 cm³/mol. The number of fused-ring (bicyclic) bond motifs is 1. The smallest absolute Gasteiger partial charge is 0.238 e. The molecule has 1 saturated carbocycles. The Morgan fingerprint density at radius 3 is 3.17 bits per heavy atom. The molecule has 1 aromatic carbocycles. The zero-order valence-electron chi connectivity index (χ0n) is 9.98. The lowest BCUT2D eigenvalue weighted by Gasteiger charge is -2.06. The fraction of sp³-hybridized carbons (Fsp3) is 0.385. The number of anilines is 1. The fourth-order valence-corrected chi connectivity index (χ4v) is 2.57. The molecule has 1 aromatic heterocycles. The summed E-state index contributed by atoms with van der Waals surface area (Å²) >= 11 is 1.58. The van der Waals surface area contributed by atoms with Crippen molar-refractivity contribution in [1.82, 2.24) is 10.3 Å².